The van der Waals surface area contributed by atoms with E-state index in [1.54, 1.807) is 0 Å². The molecular formula is C24H32F3N5O4. The Labute approximate surface area is 207 Å². The van der Waals surface area contributed by atoms with Crippen molar-refractivity contribution in [2.45, 2.75) is 89.1 Å². The van der Waals surface area contributed by atoms with Crippen LogP contribution in [-0.2, 0) is 19.2 Å². The molecule has 4 aliphatic rings. The summed E-state index contributed by atoms with van der Waals surface area (Å²) in [5.41, 5.74) is -1.22. The fourth-order valence-corrected chi connectivity index (χ4v) is 5.48. The molecule has 2 saturated heterocycles. The molecule has 2 saturated carbocycles. The summed E-state index contributed by atoms with van der Waals surface area (Å²) in [6.45, 7) is 4.81. The molecule has 4 rings (SSSR count). The topological polar surface area (TPSA) is 131 Å². The van der Waals surface area contributed by atoms with Gasteiger partial charge in [0.15, 0.2) is 0 Å². The first-order valence-corrected chi connectivity index (χ1v) is 12.3. The zero-order chi connectivity index (χ0) is 26.6. The van der Waals surface area contributed by atoms with Crippen LogP contribution in [0.25, 0.3) is 0 Å². The van der Waals surface area contributed by atoms with Crippen molar-refractivity contribution in [3.63, 3.8) is 0 Å². The second-order valence-corrected chi connectivity index (χ2v) is 11.9. The van der Waals surface area contributed by atoms with Gasteiger partial charge in [0.2, 0.25) is 17.7 Å². The molecule has 2 aliphatic heterocycles. The number of carbonyl (C=O) groups excluding carboxylic acids is 4. The highest BCUT2D eigenvalue weighted by atomic mass is 19.4. The Hall–Kier alpha value is -2.84. The van der Waals surface area contributed by atoms with Gasteiger partial charge in [0.1, 0.15) is 18.1 Å². The Bertz CT molecular complexity index is 997. The van der Waals surface area contributed by atoms with Crippen molar-refractivity contribution < 1.29 is 32.3 Å². The van der Waals surface area contributed by atoms with Gasteiger partial charge in [0.05, 0.1) is 6.07 Å². The summed E-state index contributed by atoms with van der Waals surface area (Å²) in [5.74, 6) is -3.70. The van der Waals surface area contributed by atoms with Crippen LogP contribution in [0.2, 0.25) is 0 Å². The molecule has 6 atom stereocenters. The zero-order valence-electron chi connectivity index (χ0n) is 20.6. The molecule has 198 valence electrons. The van der Waals surface area contributed by atoms with Crippen molar-refractivity contribution in [3.05, 3.63) is 0 Å². The highest BCUT2D eigenvalue weighted by Gasteiger charge is 2.54. The molecule has 3 N–H and O–H groups in total. The van der Waals surface area contributed by atoms with Crippen LogP contribution in [0, 0.1) is 34.5 Å². The molecule has 2 heterocycles. The summed E-state index contributed by atoms with van der Waals surface area (Å²) in [6, 6.07) is -1.39. The van der Waals surface area contributed by atoms with Crippen LogP contribution >= 0.6 is 0 Å². The molecule has 0 bridgehead atoms. The number of nitriles is 1. The highest BCUT2D eigenvalue weighted by molar-refractivity contribution is 5.94. The molecule has 36 heavy (non-hydrogen) atoms. The van der Waals surface area contributed by atoms with Crippen molar-refractivity contribution in [3.8, 4) is 6.07 Å². The molecular weight excluding hydrogens is 479 g/mol. The van der Waals surface area contributed by atoms with Crippen LogP contribution in [0.5, 0.6) is 0 Å². The summed E-state index contributed by atoms with van der Waals surface area (Å²) < 4.78 is 38.8. The second kappa shape index (κ2) is 8.92. The molecule has 9 nitrogen and oxygen atoms in total. The summed E-state index contributed by atoms with van der Waals surface area (Å²) in [4.78, 5) is 52.0. The SMILES string of the molecule is CC(C)(C)[C@H](NC(=O)C(F)(F)F)C(=O)N1C[C@@H]2C[C@@H]2C[C@H]1C(=O)N[C@H](C#N)C[C@@H]1CC2(CC2)NC1=O. The number of amides is 4. The molecule has 0 aromatic heterocycles. The van der Waals surface area contributed by atoms with E-state index in [1.165, 1.54) is 25.7 Å². The molecule has 0 aromatic rings. The van der Waals surface area contributed by atoms with Gasteiger partial charge in [0.25, 0.3) is 0 Å². The minimum absolute atomic E-state index is 0.134. The predicted octanol–water partition coefficient (Wildman–Crippen LogP) is 1.38. The molecule has 4 amide bonds. The van der Waals surface area contributed by atoms with Crippen molar-refractivity contribution in [2.24, 2.45) is 23.2 Å². The van der Waals surface area contributed by atoms with Crippen molar-refractivity contribution >= 4 is 23.6 Å². The average molecular weight is 512 g/mol. The van der Waals surface area contributed by atoms with E-state index in [0.29, 0.717) is 12.8 Å². The first-order valence-electron chi connectivity index (χ1n) is 12.3. The third-order valence-electron chi connectivity index (χ3n) is 7.88. The molecule has 0 aromatic carbocycles. The second-order valence-electron chi connectivity index (χ2n) is 11.9. The van der Waals surface area contributed by atoms with Gasteiger partial charge >= 0.3 is 12.1 Å². The highest BCUT2D eigenvalue weighted by Crippen LogP contribution is 2.48. The minimum atomic E-state index is -5.16. The summed E-state index contributed by atoms with van der Waals surface area (Å²) in [7, 11) is 0. The molecule has 0 radical (unpaired) electrons. The predicted molar refractivity (Wildman–Crippen MR) is 120 cm³/mol. The van der Waals surface area contributed by atoms with Crippen LogP contribution < -0.4 is 16.0 Å². The number of piperidine rings is 1. The van der Waals surface area contributed by atoms with Crippen LogP contribution in [0.15, 0.2) is 0 Å². The number of rotatable bonds is 6. The zero-order valence-corrected chi connectivity index (χ0v) is 20.6. The maximum absolute atomic E-state index is 13.5. The van der Waals surface area contributed by atoms with Crippen LogP contribution in [-0.4, -0.2) is 64.9 Å². The van der Waals surface area contributed by atoms with E-state index in [2.05, 4.69) is 10.6 Å². The Balaban J connectivity index is 1.47. The van der Waals surface area contributed by atoms with Gasteiger partial charge in [-0.3, -0.25) is 19.2 Å². The Morgan fingerprint density at radius 3 is 2.36 bits per heavy atom. The smallest absolute Gasteiger partial charge is 0.350 e. The fraction of sp³-hybridized carbons (Fsp3) is 0.792. The van der Waals surface area contributed by atoms with E-state index in [0.717, 1.165) is 19.3 Å². The van der Waals surface area contributed by atoms with E-state index in [4.69, 9.17) is 0 Å². The first kappa shape index (κ1) is 26.2. The Morgan fingerprint density at radius 1 is 1.17 bits per heavy atom. The van der Waals surface area contributed by atoms with E-state index >= 15 is 0 Å². The lowest BCUT2D eigenvalue weighted by Gasteiger charge is -2.40. The Morgan fingerprint density at radius 2 is 1.83 bits per heavy atom. The summed E-state index contributed by atoms with van der Waals surface area (Å²) >= 11 is 0. The first-order chi connectivity index (χ1) is 16.6. The molecule has 12 heteroatoms. The lowest BCUT2D eigenvalue weighted by Crippen LogP contribution is -2.62. The number of carbonyl (C=O) groups is 4. The third kappa shape index (κ3) is 5.44. The molecule has 4 fully saturated rings. The van der Waals surface area contributed by atoms with Gasteiger partial charge in [-0.15, -0.1) is 0 Å². The molecule has 2 aliphatic carbocycles. The van der Waals surface area contributed by atoms with E-state index in [1.807, 2.05) is 11.4 Å². The van der Waals surface area contributed by atoms with Crippen LogP contribution in [0.3, 0.4) is 0 Å². The van der Waals surface area contributed by atoms with Gasteiger partial charge in [-0.25, -0.2) is 0 Å². The average Bonchev–Trinajstić information content (AvgIpc) is 3.68. The maximum atomic E-state index is 13.5. The van der Waals surface area contributed by atoms with Crippen molar-refractivity contribution in [1.29, 1.82) is 5.26 Å². The van der Waals surface area contributed by atoms with E-state index < -0.39 is 53.4 Å². The number of nitrogens with zero attached hydrogens (tertiary/aromatic N) is 2. The normalized spacial score (nSPS) is 29.9. The fourth-order valence-electron chi connectivity index (χ4n) is 5.48. The quantitative estimate of drug-likeness (QED) is 0.496. The standard InChI is InChI=1S/C24H32F3N5O4/c1-22(2,3)17(30-21(36)24(25,26)27)20(35)32-11-14-6-12(14)8-16(32)19(34)29-15(10-28)7-13-9-23(4-5-23)31-18(13)33/h12-17H,4-9,11H2,1-3H3,(H,29,34)(H,30,36)(H,31,33)/t12-,13-,14+,15+,16+,17-/m1/s1. The van der Waals surface area contributed by atoms with Gasteiger partial charge in [-0.1, -0.05) is 20.8 Å². The lowest BCUT2D eigenvalue weighted by atomic mass is 9.84. The van der Waals surface area contributed by atoms with Gasteiger partial charge in [0, 0.05) is 18.0 Å². The van der Waals surface area contributed by atoms with E-state index in [-0.39, 0.29) is 36.2 Å². The van der Waals surface area contributed by atoms with Crippen molar-refractivity contribution in [1.82, 2.24) is 20.9 Å². The maximum Gasteiger partial charge on any atom is 0.471 e. The van der Waals surface area contributed by atoms with Crippen LogP contribution in [0.1, 0.15) is 59.3 Å². The number of hydrogen-bond donors (Lipinski definition) is 3. The number of halogens is 3. The monoisotopic (exact) mass is 511 g/mol. The van der Waals surface area contributed by atoms with Gasteiger partial charge < -0.3 is 20.9 Å². The largest absolute Gasteiger partial charge is 0.471 e. The number of likely N-dealkylation sites (tertiary alicyclic amines) is 1. The Kier molecular flexibility index (Phi) is 6.50. The van der Waals surface area contributed by atoms with Gasteiger partial charge in [-0.2, -0.15) is 18.4 Å². The molecule has 0 unspecified atom stereocenters. The van der Waals surface area contributed by atoms with E-state index in [9.17, 15) is 37.6 Å². The van der Waals surface area contributed by atoms with Crippen molar-refractivity contribution in [2.75, 3.05) is 6.54 Å². The number of fused-ring (bicyclic) bond motifs is 1. The number of alkyl halides is 3. The van der Waals surface area contributed by atoms with Crippen LogP contribution in [0.4, 0.5) is 13.2 Å². The summed E-state index contributed by atoms with van der Waals surface area (Å²) in [5, 5.41) is 17.1. The minimum Gasteiger partial charge on any atom is -0.350 e. The van der Waals surface area contributed by atoms with Gasteiger partial charge in [-0.05, 0) is 55.8 Å². The lowest BCUT2D eigenvalue weighted by molar-refractivity contribution is -0.176. The summed E-state index contributed by atoms with van der Waals surface area (Å²) in [6.07, 6.45) is -1.46. The number of nitrogens with one attached hydrogen (secondary N) is 3. The molecule has 1 spiro atoms. The number of hydrogen-bond acceptors (Lipinski definition) is 5. The third-order valence-corrected chi connectivity index (χ3v) is 7.88.